The van der Waals surface area contributed by atoms with Crippen LogP contribution in [-0.4, -0.2) is 29.6 Å². The first-order valence-electron chi connectivity index (χ1n) is 9.27. The van der Waals surface area contributed by atoms with E-state index in [9.17, 15) is 9.90 Å². The number of hydrogen-bond acceptors (Lipinski definition) is 5. The van der Waals surface area contributed by atoms with Gasteiger partial charge in [-0.2, -0.15) is 0 Å². The molecule has 0 spiro atoms. The maximum atomic E-state index is 12.3. The highest BCUT2D eigenvalue weighted by atomic mass is 79.9. The number of carbonyl (C=O) groups excluding carboxylic acids is 1. The van der Waals surface area contributed by atoms with Gasteiger partial charge in [-0.05, 0) is 29.3 Å². The average Bonchev–Trinajstić information content (AvgIpc) is 2.76. The summed E-state index contributed by atoms with van der Waals surface area (Å²) < 4.78 is 5.87. The number of aliphatic hydroxyl groups is 1. The molecular weight excluding hydrogens is 432 g/mol. The highest BCUT2D eigenvalue weighted by molar-refractivity contribution is 9.10. The van der Waals surface area contributed by atoms with Crippen LogP contribution in [0.5, 0.6) is 0 Å². The molecule has 0 amide bonds. The third-order valence-electron chi connectivity index (χ3n) is 5.16. The van der Waals surface area contributed by atoms with Gasteiger partial charge in [-0.1, -0.05) is 76.6 Å². The minimum absolute atomic E-state index is 0.0968. The zero-order valence-corrected chi connectivity index (χ0v) is 17.5. The van der Waals surface area contributed by atoms with Crippen LogP contribution in [0.4, 0.5) is 5.69 Å². The molecule has 0 fully saturated rings. The van der Waals surface area contributed by atoms with E-state index in [1.807, 2.05) is 78.9 Å². The fourth-order valence-corrected chi connectivity index (χ4v) is 4.18. The first kappa shape index (κ1) is 19.6. The van der Waals surface area contributed by atoms with Gasteiger partial charge < -0.3 is 15.2 Å². The molecule has 0 aromatic heterocycles. The SMILES string of the molecule is COC(=O)CN1[C@H](c2ccccc2)c2cc(Br)ccc2N[C@]1(O)c1ccccc1. The van der Waals surface area contributed by atoms with Gasteiger partial charge in [0, 0.05) is 15.7 Å². The molecule has 1 heterocycles. The Morgan fingerprint density at radius 3 is 2.41 bits per heavy atom. The topological polar surface area (TPSA) is 61.8 Å². The third kappa shape index (κ3) is 3.67. The average molecular weight is 453 g/mol. The van der Waals surface area contributed by atoms with Gasteiger partial charge in [-0.25, -0.2) is 4.90 Å². The van der Waals surface area contributed by atoms with Crippen LogP contribution in [0.3, 0.4) is 0 Å². The van der Waals surface area contributed by atoms with Crippen molar-refractivity contribution in [3.8, 4) is 0 Å². The van der Waals surface area contributed by atoms with E-state index in [0.717, 1.165) is 21.3 Å². The summed E-state index contributed by atoms with van der Waals surface area (Å²) in [5.74, 6) is -2.03. The van der Waals surface area contributed by atoms with E-state index in [0.29, 0.717) is 5.56 Å². The Labute approximate surface area is 178 Å². The van der Waals surface area contributed by atoms with Gasteiger partial charge in [0.05, 0.1) is 13.2 Å². The summed E-state index contributed by atoms with van der Waals surface area (Å²) in [6.07, 6.45) is 0. The lowest BCUT2D eigenvalue weighted by Gasteiger charge is -2.49. The van der Waals surface area contributed by atoms with Crippen molar-refractivity contribution in [2.24, 2.45) is 0 Å². The molecule has 1 aliphatic heterocycles. The van der Waals surface area contributed by atoms with E-state index in [-0.39, 0.29) is 12.6 Å². The van der Waals surface area contributed by atoms with Crippen molar-refractivity contribution in [3.63, 3.8) is 0 Å². The van der Waals surface area contributed by atoms with Gasteiger partial charge in [0.25, 0.3) is 0 Å². The molecule has 0 saturated carbocycles. The summed E-state index contributed by atoms with van der Waals surface area (Å²) in [4.78, 5) is 14.1. The molecule has 0 radical (unpaired) electrons. The van der Waals surface area contributed by atoms with E-state index in [2.05, 4.69) is 21.2 Å². The standard InChI is InChI=1S/C23H21BrN2O3/c1-29-21(27)15-26-22(16-8-4-2-5-9-16)19-14-18(24)12-13-20(19)25-23(26,28)17-10-6-3-7-11-17/h2-14,22,25,28H,15H2,1H3/t22-,23-/m1/s1. The van der Waals surface area contributed by atoms with Crippen LogP contribution in [0.2, 0.25) is 0 Å². The van der Waals surface area contributed by atoms with Crippen molar-refractivity contribution < 1.29 is 14.6 Å². The number of rotatable bonds is 4. The monoisotopic (exact) mass is 452 g/mol. The summed E-state index contributed by atoms with van der Waals surface area (Å²) in [5.41, 5.74) is 3.36. The van der Waals surface area contributed by atoms with Crippen LogP contribution in [-0.2, 0) is 15.4 Å². The molecule has 4 rings (SSSR count). The highest BCUT2D eigenvalue weighted by Gasteiger charge is 2.47. The van der Waals surface area contributed by atoms with E-state index in [1.54, 1.807) is 4.90 Å². The number of ether oxygens (including phenoxy) is 1. The lowest BCUT2D eigenvalue weighted by atomic mass is 9.90. The lowest BCUT2D eigenvalue weighted by molar-refractivity contribution is -0.157. The van der Waals surface area contributed by atoms with Gasteiger partial charge in [0.1, 0.15) is 6.54 Å². The van der Waals surface area contributed by atoms with Crippen molar-refractivity contribution in [3.05, 3.63) is 100 Å². The first-order chi connectivity index (χ1) is 14.0. The Balaban J connectivity index is 1.95. The predicted octanol–water partition coefficient (Wildman–Crippen LogP) is 4.24. The summed E-state index contributed by atoms with van der Waals surface area (Å²) in [5, 5.41) is 15.1. The molecule has 0 bridgehead atoms. The number of nitrogens with one attached hydrogen (secondary N) is 1. The summed E-state index contributed by atoms with van der Waals surface area (Å²) in [6.45, 7) is -0.0968. The zero-order valence-electron chi connectivity index (χ0n) is 15.9. The van der Waals surface area contributed by atoms with Crippen molar-refractivity contribution in [1.82, 2.24) is 4.90 Å². The van der Waals surface area contributed by atoms with Gasteiger partial charge in [-0.15, -0.1) is 0 Å². The van der Waals surface area contributed by atoms with E-state index in [1.165, 1.54) is 7.11 Å². The maximum Gasteiger partial charge on any atom is 0.320 e. The minimum atomic E-state index is -1.60. The van der Waals surface area contributed by atoms with Gasteiger partial charge >= 0.3 is 5.97 Å². The Morgan fingerprint density at radius 2 is 1.76 bits per heavy atom. The smallest absolute Gasteiger partial charge is 0.320 e. The van der Waals surface area contributed by atoms with E-state index in [4.69, 9.17) is 4.74 Å². The van der Waals surface area contributed by atoms with Gasteiger partial charge in [-0.3, -0.25) is 4.79 Å². The van der Waals surface area contributed by atoms with Crippen molar-refractivity contribution in [1.29, 1.82) is 0 Å². The van der Waals surface area contributed by atoms with Crippen molar-refractivity contribution in [2.75, 3.05) is 19.0 Å². The maximum absolute atomic E-state index is 12.3. The molecule has 3 aromatic carbocycles. The molecule has 2 N–H and O–H groups in total. The molecular formula is C23H21BrN2O3. The quantitative estimate of drug-likeness (QED) is 0.579. The number of methoxy groups -OCH3 is 1. The van der Waals surface area contributed by atoms with Crippen LogP contribution in [0.1, 0.15) is 22.7 Å². The number of hydrogen-bond donors (Lipinski definition) is 2. The predicted molar refractivity (Wildman–Crippen MR) is 115 cm³/mol. The molecule has 29 heavy (non-hydrogen) atoms. The number of esters is 1. The van der Waals surface area contributed by atoms with Crippen LogP contribution >= 0.6 is 15.9 Å². The molecule has 148 valence electrons. The number of benzene rings is 3. The molecule has 1 aliphatic rings. The molecule has 2 atom stereocenters. The fourth-order valence-electron chi connectivity index (χ4n) is 3.80. The second-order valence-electron chi connectivity index (χ2n) is 6.91. The van der Waals surface area contributed by atoms with Crippen LogP contribution < -0.4 is 5.32 Å². The fraction of sp³-hybridized carbons (Fsp3) is 0.174. The van der Waals surface area contributed by atoms with Crippen LogP contribution in [0.25, 0.3) is 0 Å². The molecule has 0 unspecified atom stereocenters. The van der Waals surface area contributed by atoms with Crippen molar-refractivity contribution in [2.45, 2.75) is 11.9 Å². The molecule has 0 saturated heterocycles. The number of fused-ring (bicyclic) bond motifs is 1. The zero-order chi connectivity index (χ0) is 20.4. The number of nitrogens with zero attached hydrogens (tertiary/aromatic N) is 1. The number of anilines is 1. The largest absolute Gasteiger partial charge is 0.468 e. The molecule has 5 nitrogen and oxygen atoms in total. The Kier molecular flexibility index (Phi) is 5.41. The Hall–Kier alpha value is -2.67. The Morgan fingerprint density at radius 1 is 1.10 bits per heavy atom. The second kappa shape index (κ2) is 7.99. The van der Waals surface area contributed by atoms with Gasteiger partial charge in [0.2, 0.25) is 5.85 Å². The van der Waals surface area contributed by atoms with E-state index < -0.39 is 11.8 Å². The van der Waals surface area contributed by atoms with Crippen LogP contribution in [0, 0.1) is 0 Å². The Bertz CT molecular complexity index is 1010. The molecule has 6 heteroatoms. The second-order valence-corrected chi connectivity index (χ2v) is 7.83. The first-order valence-corrected chi connectivity index (χ1v) is 10.1. The minimum Gasteiger partial charge on any atom is -0.468 e. The summed E-state index contributed by atoms with van der Waals surface area (Å²) in [6, 6.07) is 24.6. The third-order valence-corrected chi connectivity index (χ3v) is 5.66. The lowest BCUT2D eigenvalue weighted by Crippen LogP contribution is -2.58. The number of carbonyl (C=O) groups is 1. The summed E-state index contributed by atoms with van der Waals surface area (Å²) in [7, 11) is 1.35. The van der Waals surface area contributed by atoms with E-state index >= 15 is 0 Å². The highest BCUT2D eigenvalue weighted by Crippen LogP contribution is 2.46. The molecule has 0 aliphatic carbocycles. The van der Waals surface area contributed by atoms with Gasteiger partial charge in [0.15, 0.2) is 0 Å². The number of halogens is 1. The van der Waals surface area contributed by atoms with Crippen molar-refractivity contribution >= 4 is 27.6 Å². The van der Waals surface area contributed by atoms with Crippen LogP contribution in [0.15, 0.2) is 83.3 Å². The summed E-state index contributed by atoms with van der Waals surface area (Å²) >= 11 is 3.55. The molecule has 3 aromatic rings. The normalized spacial score (nSPS) is 21.1.